The number of hydrogen-bond acceptors (Lipinski definition) is 3. The molecule has 2 N–H and O–H groups in total. The molecule has 0 aliphatic heterocycles. The van der Waals surface area contributed by atoms with E-state index in [2.05, 4.69) is 26.7 Å². The molecule has 0 amide bonds. The lowest BCUT2D eigenvalue weighted by atomic mass is 9.95. The summed E-state index contributed by atoms with van der Waals surface area (Å²) in [6, 6.07) is 8.72. The van der Waals surface area contributed by atoms with Gasteiger partial charge in [-0.15, -0.1) is 0 Å². The molecule has 0 spiro atoms. The lowest BCUT2D eigenvalue weighted by Crippen LogP contribution is -2.15. The molecule has 0 saturated heterocycles. The highest BCUT2D eigenvalue weighted by molar-refractivity contribution is 6.03. The Balaban J connectivity index is 2.03. The van der Waals surface area contributed by atoms with Crippen molar-refractivity contribution < 1.29 is 0 Å². The topological polar surface area (TPSA) is 56.7 Å². The van der Waals surface area contributed by atoms with Crippen molar-refractivity contribution in [3.05, 3.63) is 30.5 Å². The van der Waals surface area contributed by atoms with Crippen molar-refractivity contribution in [3.63, 3.8) is 0 Å². The Morgan fingerprint density at radius 3 is 2.70 bits per heavy atom. The van der Waals surface area contributed by atoms with Gasteiger partial charge in [-0.25, -0.2) is 4.98 Å². The molecule has 20 heavy (non-hydrogen) atoms. The largest absolute Gasteiger partial charge is 0.369 e. The van der Waals surface area contributed by atoms with Crippen molar-refractivity contribution in [1.29, 1.82) is 0 Å². The highest BCUT2D eigenvalue weighted by Gasteiger charge is 2.21. The Labute approximate surface area is 117 Å². The van der Waals surface area contributed by atoms with Gasteiger partial charge in [-0.05, 0) is 18.9 Å². The minimum absolute atomic E-state index is 0.486. The second-order valence-corrected chi connectivity index (χ2v) is 5.64. The summed E-state index contributed by atoms with van der Waals surface area (Å²) in [6.07, 6.45) is 8.15. The zero-order valence-corrected chi connectivity index (χ0v) is 11.4. The molecule has 4 rings (SSSR count). The summed E-state index contributed by atoms with van der Waals surface area (Å²) < 4.78 is 2.25. The van der Waals surface area contributed by atoms with E-state index in [1.54, 1.807) is 0 Å². The maximum atomic E-state index is 6.20. The summed E-state index contributed by atoms with van der Waals surface area (Å²) in [4.78, 5) is 8.99. The van der Waals surface area contributed by atoms with E-state index in [0.29, 0.717) is 12.0 Å². The summed E-state index contributed by atoms with van der Waals surface area (Å²) in [5.41, 5.74) is 9.27. The third-order valence-electron chi connectivity index (χ3n) is 4.39. The van der Waals surface area contributed by atoms with Gasteiger partial charge in [-0.1, -0.05) is 37.5 Å². The number of hydrogen-bond donors (Lipinski definition) is 1. The molecule has 1 aliphatic carbocycles. The van der Waals surface area contributed by atoms with Crippen LogP contribution >= 0.6 is 0 Å². The Morgan fingerprint density at radius 2 is 1.85 bits per heavy atom. The summed E-state index contributed by atoms with van der Waals surface area (Å²) in [5.74, 6) is 0.630. The molecule has 3 aromatic rings. The minimum atomic E-state index is 0.486. The third-order valence-corrected chi connectivity index (χ3v) is 4.39. The fourth-order valence-electron chi connectivity index (χ4n) is 3.45. The van der Waals surface area contributed by atoms with E-state index in [0.717, 1.165) is 21.9 Å². The molecular formula is C16H18N4. The second-order valence-electron chi connectivity index (χ2n) is 5.64. The molecule has 0 radical (unpaired) electrons. The maximum Gasteiger partial charge on any atom is 0.201 e. The average molecular weight is 266 g/mol. The number of pyridine rings is 1. The molecule has 2 heterocycles. The van der Waals surface area contributed by atoms with Crippen molar-refractivity contribution in [1.82, 2.24) is 14.5 Å². The number of para-hydroxylation sites is 1. The van der Waals surface area contributed by atoms with Crippen molar-refractivity contribution in [2.45, 2.75) is 38.1 Å². The number of aromatic nitrogens is 3. The van der Waals surface area contributed by atoms with Crippen molar-refractivity contribution in [3.8, 4) is 0 Å². The van der Waals surface area contributed by atoms with E-state index in [4.69, 9.17) is 5.73 Å². The molecular weight excluding hydrogens is 248 g/mol. The van der Waals surface area contributed by atoms with E-state index in [9.17, 15) is 0 Å². The third kappa shape index (κ3) is 1.68. The van der Waals surface area contributed by atoms with Crippen LogP contribution in [0.5, 0.6) is 0 Å². The first-order valence-corrected chi connectivity index (χ1v) is 7.36. The van der Waals surface area contributed by atoms with E-state index in [-0.39, 0.29) is 0 Å². The van der Waals surface area contributed by atoms with Crippen LogP contribution in [0.2, 0.25) is 0 Å². The summed E-state index contributed by atoms with van der Waals surface area (Å²) in [5, 5.41) is 1.15. The molecule has 4 heteroatoms. The van der Waals surface area contributed by atoms with Crippen LogP contribution < -0.4 is 5.73 Å². The molecule has 4 nitrogen and oxygen atoms in total. The lowest BCUT2D eigenvalue weighted by molar-refractivity contribution is 0.363. The van der Waals surface area contributed by atoms with E-state index in [1.807, 2.05) is 18.3 Å². The molecule has 1 fully saturated rings. The second kappa shape index (κ2) is 4.47. The van der Waals surface area contributed by atoms with Crippen LogP contribution in [0, 0.1) is 0 Å². The van der Waals surface area contributed by atoms with Crippen LogP contribution in [0.1, 0.15) is 38.1 Å². The van der Waals surface area contributed by atoms with Crippen LogP contribution in [0.3, 0.4) is 0 Å². The Hall–Kier alpha value is -2.10. The summed E-state index contributed by atoms with van der Waals surface area (Å²) in [7, 11) is 0. The van der Waals surface area contributed by atoms with Gasteiger partial charge in [0.15, 0.2) is 0 Å². The summed E-state index contributed by atoms with van der Waals surface area (Å²) in [6.45, 7) is 0. The van der Waals surface area contributed by atoms with Gasteiger partial charge in [-0.2, -0.15) is 0 Å². The molecule has 2 aromatic heterocycles. The molecule has 0 bridgehead atoms. The van der Waals surface area contributed by atoms with Crippen LogP contribution in [-0.2, 0) is 0 Å². The van der Waals surface area contributed by atoms with Gasteiger partial charge < -0.3 is 10.3 Å². The number of fused-ring (bicyclic) bond motifs is 3. The highest BCUT2D eigenvalue weighted by Crippen LogP contribution is 2.35. The Kier molecular flexibility index (Phi) is 2.62. The normalized spacial score (nSPS) is 17.0. The zero-order valence-electron chi connectivity index (χ0n) is 11.4. The molecule has 1 saturated carbocycles. The number of imidazole rings is 1. The summed E-state index contributed by atoms with van der Waals surface area (Å²) >= 11 is 0. The van der Waals surface area contributed by atoms with Crippen molar-refractivity contribution in [2.24, 2.45) is 0 Å². The number of nitrogens with zero attached hydrogens (tertiary/aromatic N) is 3. The molecule has 1 aromatic carbocycles. The van der Waals surface area contributed by atoms with E-state index < -0.39 is 0 Å². The molecule has 0 atom stereocenters. The van der Waals surface area contributed by atoms with Gasteiger partial charge in [0.1, 0.15) is 5.52 Å². The zero-order chi connectivity index (χ0) is 13.5. The van der Waals surface area contributed by atoms with Gasteiger partial charge in [-0.3, -0.25) is 4.98 Å². The van der Waals surface area contributed by atoms with E-state index >= 15 is 0 Å². The Morgan fingerprint density at radius 1 is 1.05 bits per heavy atom. The Bertz CT molecular complexity index is 769. The molecule has 0 unspecified atom stereocenters. The van der Waals surface area contributed by atoms with Crippen LogP contribution in [0.25, 0.3) is 21.9 Å². The predicted molar refractivity (Wildman–Crippen MR) is 81.6 cm³/mol. The standard InChI is InChI=1S/C16H18N4/c17-16-19-14-10-18-13-9-5-4-8-12(13)15(14)20(16)11-6-2-1-3-7-11/h4-5,8-11H,1-3,6-7H2,(H2,17,19). The maximum absolute atomic E-state index is 6.20. The molecule has 1 aliphatic rings. The number of nitrogen functional groups attached to an aromatic ring is 1. The monoisotopic (exact) mass is 266 g/mol. The number of rotatable bonds is 1. The SMILES string of the molecule is Nc1nc2cnc3ccccc3c2n1C1CCCCC1. The van der Waals surface area contributed by atoms with Crippen molar-refractivity contribution in [2.75, 3.05) is 5.73 Å². The van der Waals surface area contributed by atoms with Crippen LogP contribution in [0.4, 0.5) is 5.95 Å². The fourth-order valence-corrected chi connectivity index (χ4v) is 3.45. The number of anilines is 1. The minimum Gasteiger partial charge on any atom is -0.369 e. The van der Waals surface area contributed by atoms with Gasteiger partial charge in [0.25, 0.3) is 0 Å². The quantitative estimate of drug-likeness (QED) is 0.731. The predicted octanol–water partition coefficient (Wildman–Crippen LogP) is 3.67. The highest BCUT2D eigenvalue weighted by atomic mass is 15.2. The first-order chi connectivity index (χ1) is 9.84. The fraction of sp³-hybridized carbons (Fsp3) is 0.375. The first kappa shape index (κ1) is 11.7. The lowest BCUT2D eigenvalue weighted by Gasteiger charge is -2.24. The van der Waals surface area contributed by atoms with Crippen molar-refractivity contribution >= 4 is 27.9 Å². The smallest absolute Gasteiger partial charge is 0.201 e. The van der Waals surface area contributed by atoms with Crippen LogP contribution in [-0.4, -0.2) is 14.5 Å². The van der Waals surface area contributed by atoms with Gasteiger partial charge in [0.2, 0.25) is 5.95 Å². The van der Waals surface area contributed by atoms with Crippen LogP contribution in [0.15, 0.2) is 30.5 Å². The van der Waals surface area contributed by atoms with Gasteiger partial charge >= 0.3 is 0 Å². The first-order valence-electron chi connectivity index (χ1n) is 7.36. The van der Waals surface area contributed by atoms with Gasteiger partial charge in [0, 0.05) is 11.4 Å². The average Bonchev–Trinajstić information content (AvgIpc) is 2.84. The number of benzene rings is 1. The number of nitrogens with two attached hydrogens (primary N) is 1. The molecule has 102 valence electrons. The van der Waals surface area contributed by atoms with Gasteiger partial charge in [0.05, 0.1) is 17.2 Å². The van der Waals surface area contributed by atoms with E-state index in [1.165, 1.54) is 32.1 Å².